The molecule has 0 unspecified atom stereocenters. The molecule has 0 aliphatic carbocycles. The lowest BCUT2D eigenvalue weighted by Gasteiger charge is -2.29. The zero-order valence-corrected chi connectivity index (χ0v) is 20.2. The van der Waals surface area contributed by atoms with Crippen LogP contribution >= 0.6 is 0 Å². The van der Waals surface area contributed by atoms with Gasteiger partial charge in [-0.2, -0.15) is 5.26 Å². The van der Waals surface area contributed by atoms with Crippen LogP contribution in [-0.2, 0) is 5.41 Å². The zero-order chi connectivity index (χ0) is 25.0. The van der Waals surface area contributed by atoms with Gasteiger partial charge in [0.2, 0.25) is 0 Å². The fourth-order valence-corrected chi connectivity index (χ4v) is 3.64. The van der Waals surface area contributed by atoms with Gasteiger partial charge in [-0.05, 0) is 69.2 Å². The second-order valence-electron chi connectivity index (χ2n) is 8.88. The van der Waals surface area contributed by atoms with E-state index in [1.807, 2.05) is 63.0 Å². The van der Waals surface area contributed by atoms with E-state index in [4.69, 9.17) is 0 Å². The fraction of sp³-hybridized carbons (Fsp3) is 0.222. The number of hydrazine groups is 1. The van der Waals surface area contributed by atoms with Gasteiger partial charge in [-0.1, -0.05) is 18.2 Å². The molecule has 0 bridgehead atoms. The summed E-state index contributed by atoms with van der Waals surface area (Å²) in [5.74, 6) is 0.479. The molecular weight excluding hydrogens is 438 g/mol. The highest BCUT2D eigenvalue weighted by Crippen LogP contribution is 2.25. The minimum atomic E-state index is -0.679. The molecule has 0 saturated heterocycles. The van der Waals surface area contributed by atoms with Crippen LogP contribution in [0.5, 0.6) is 0 Å². The number of benzene rings is 2. The van der Waals surface area contributed by atoms with Crippen molar-refractivity contribution in [2.24, 2.45) is 4.99 Å². The molecule has 0 saturated carbocycles. The molecule has 35 heavy (non-hydrogen) atoms. The van der Waals surface area contributed by atoms with Gasteiger partial charge in [0.1, 0.15) is 6.33 Å². The number of nitrogens with one attached hydrogen (secondary N) is 2. The number of aromatic nitrogens is 2. The van der Waals surface area contributed by atoms with Gasteiger partial charge >= 0.3 is 0 Å². The molecule has 2 heterocycles. The average molecular weight is 466 g/mol. The first-order valence-electron chi connectivity index (χ1n) is 11.3. The topological polar surface area (TPSA) is 106 Å². The zero-order valence-electron chi connectivity index (χ0n) is 20.2. The smallest absolute Gasteiger partial charge is 0.255 e. The van der Waals surface area contributed by atoms with Crippen LogP contribution in [0.2, 0.25) is 0 Å². The number of nitriles is 1. The van der Waals surface area contributed by atoms with E-state index in [1.165, 1.54) is 6.33 Å². The second-order valence-corrected chi connectivity index (χ2v) is 8.88. The maximum absolute atomic E-state index is 13.0. The Labute approximate surface area is 205 Å². The van der Waals surface area contributed by atoms with Crippen LogP contribution in [0.1, 0.15) is 46.6 Å². The Bertz CT molecular complexity index is 1370. The lowest BCUT2D eigenvalue weighted by atomic mass is 9.85. The molecule has 0 fully saturated rings. The number of anilines is 2. The summed E-state index contributed by atoms with van der Waals surface area (Å²) < 4.78 is 0. The molecule has 1 aliphatic heterocycles. The Hall–Kier alpha value is -4.51. The lowest BCUT2D eigenvalue weighted by molar-refractivity contribution is 0.102. The first-order chi connectivity index (χ1) is 16.8. The summed E-state index contributed by atoms with van der Waals surface area (Å²) in [4.78, 5) is 25.9. The van der Waals surface area contributed by atoms with Crippen LogP contribution < -0.4 is 10.7 Å². The van der Waals surface area contributed by atoms with E-state index in [9.17, 15) is 10.1 Å². The molecule has 0 atom stereocenters. The van der Waals surface area contributed by atoms with Gasteiger partial charge in [-0.3, -0.25) is 15.2 Å². The molecule has 0 radical (unpaired) electrons. The number of nitrogens with zero attached hydrogens (tertiary/aromatic N) is 5. The molecular formula is C27H27N7O. The molecule has 1 aliphatic rings. The Morgan fingerprint density at radius 1 is 1.17 bits per heavy atom. The Morgan fingerprint density at radius 2 is 2.00 bits per heavy atom. The lowest BCUT2D eigenvalue weighted by Crippen LogP contribution is -2.39. The SMILES string of the molecule is Cc1ccc(NC(=O)c2cccc(C(C)(C)C#N)c2)cc1NN1CC=CN=C1c1cncnc1C. The molecule has 176 valence electrons. The van der Waals surface area contributed by atoms with Crippen LogP contribution in [0.15, 0.2) is 72.3 Å². The van der Waals surface area contributed by atoms with Gasteiger partial charge in [0, 0.05) is 23.6 Å². The van der Waals surface area contributed by atoms with Crippen molar-refractivity contribution in [1.29, 1.82) is 5.26 Å². The van der Waals surface area contributed by atoms with E-state index >= 15 is 0 Å². The maximum Gasteiger partial charge on any atom is 0.255 e. The van der Waals surface area contributed by atoms with Gasteiger partial charge in [0.25, 0.3) is 5.91 Å². The van der Waals surface area contributed by atoms with Crippen molar-refractivity contribution in [1.82, 2.24) is 15.0 Å². The van der Waals surface area contributed by atoms with Crippen LogP contribution in [0.25, 0.3) is 0 Å². The largest absolute Gasteiger partial charge is 0.322 e. The predicted molar refractivity (Wildman–Crippen MR) is 137 cm³/mol. The standard InChI is InChI=1S/C27H27N7O/c1-18-9-10-22(32-26(35)20-7-5-8-21(13-20)27(3,4)16-28)14-24(18)33-34-12-6-11-30-25(34)23-15-29-17-31-19(23)2/h5-11,13-15,17,33H,12H2,1-4H3,(H,32,35). The highest BCUT2D eigenvalue weighted by Gasteiger charge is 2.21. The van der Waals surface area contributed by atoms with E-state index in [2.05, 4.69) is 31.8 Å². The molecule has 2 N–H and O–H groups in total. The molecule has 1 amide bonds. The van der Waals surface area contributed by atoms with Crippen molar-refractivity contribution >= 4 is 23.1 Å². The minimum Gasteiger partial charge on any atom is -0.322 e. The van der Waals surface area contributed by atoms with Crippen LogP contribution in [0.4, 0.5) is 11.4 Å². The number of aliphatic imine (C=N–C) groups is 1. The number of amides is 1. The summed E-state index contributed by atoms with van der Waals surface area (Å²) in [6.07, 6.45) is 6.99. The summed E-state index contributed by atoms with van der Waals surface area (Å²) in [6, 6.07) is 15.1. The molecule has 3 aromatic rings. The van der Waals surface area contributed by atoms with Crippen molar-refractivity contribution < 1.29 is 4.79 Å². The quantitative estimate of drug-likeness (QED) is 0.544. The highest BCUT2D eigenvalue weighted by atomic mass is 16.1. The molecule has 4 rings (SSSR count). The first-order valence-corrected chi connectivity index (χ1v) is 11.3. The van der Waals surface area contributed by atoms with Crippen LogP contribution in [0, 0.1) is 25.2 Å². The summed E-state index contributed by atoms with van der Waals surface area (Å²) in [6.45, 7) is 8.18. The molecule has 0 spiro atoms. The van der Waals surface area contributed by atoms with Crippen molar-refractivity contribution in [3.05, 3.63) is 95.2 Å². The minimum absolute atomic E-state index is 0.240. The van der Waals surface area contributed by atoms with Gasteiger partial charge < -0.3 is 5.32 Å². The van der Waals surface area contributed by atoms with Crippen LogP contribution in [0.3, 0.4) is 0 Å². The highest BCUT2D eigenvalue weighted by molar-refractivity contribution is 6.05. The number of rotatable bonds is 6. The third-order valence-electron chi connectivity index (χ3n) is 5.88. The molecule has 1 aromatic heterocycles. The van der Waals surface area contributed by atoms with Crippen molar-refractivity contribution in [3.63, 3.8) is 0 Å². The van der Waals surface area contributed by atoms with Gasteiger partial charge in [0.15, 0.2) is 5.84 Å². The van der Waals surface area contributed by atoms with Crippen molar-refractivity contribution in [3.8, 4) is 6.07 Å². The Kier molecular flexibility index (Phi) is 6.60. The van der Waals surface area contributed by atoms with Crippen molar-refractivity contribution in [2.45, 2.75) is 33.1 Å². The van der Waals surface area contributed by atoms with E-state index in [1.54, 1.807) is 30.6 Å². The number of aryl methyl sites for hydroxylation is 2. The normalized spacial score (nSPS) is 13.1. The summed E-state index contributed by atoms with van der Waals surface area (Å²) >= 11 is 0. The van der Waals surface area contributed by atoms with E-state index < -0.39 is 5.41 Å². The predicted octanol–water partition coefficient (Wildman–Crippen LogP) is 4.75. The number of amidine groups is 1. The van der Waals surface area contributed by atoms with Gasteiger partial charge in [-0.25, -0.2) is 15.0 Å². The fourth-order valence-electron chi connectivity index (χ4n) is 3.64. The second kappa shape index (κ2) is 9.77. The summed E-state index contributed by atoms with van der Waals surface area (Å²) in [5.41, 5.74) is 8.20. The molecule has 2 aromatic carbocycles. The Morgan fingerprint density at radius 3 is 2.77 bits per heavy atom. The third kappa shape index (κ3) is 5.20. The number of carbonyl (C=O) groups is 1. The average Bonchev–Trinajstić information content (AvgIpc) is 2.87. The van der Waals surface area contributed by atoms with E-state index in [0.717, 1.165) is 33.9 Å². The molecule has 8 nitrogen and oxygen atoms in total. The maximum atomic E-state index is 13.0. The van der Waals surface area contributed by atoms with Gasteiger partial charge in [-0.15, -0.1) is 0 Å². The number of hydrogen-bond acceptors (Lipinski definition) is 7. The first kappa shape index (κ1) is 23.6. The summed E-state index contributed by atoms with van der Waals surface area (Å²) in [5, 5.41) is 14.3. The van der Waals surface area contributed by atoms with E-state index in [-0.39, 0.29) is 5.91 Å². The number of carbonyl (C=O) groups excluding carboxylic acids is 1. The third-order valence-corrected chi connectivity index (χ3v) is 5.88. The molecule has 8 heteroatoms. The summed E-state index contributed by atoms with van der Waals surface area (Å²) in [7, 11) is 0. The van der Waals surface area contributed by atoms with Crippen molar-refractivity contribution in [2.75, 3.05) is 17.3 Å². The van der Waals surface area contributed by atoms with Gasteiger partial charge in [0.05, 0.1) is 35.0 Å². The Balaban J connectivity index is 1.55. The number of hydrogen-bond donors (Lipinski definition) is 2. The van der Waals surface area contributed by atoms with E-state index in [0.29, 0.717) is 17.8 Å². The van der Waals surface area contributed by atoms with Crippen LogP contribution in [-0.4, -0.2) is 33.3 Å². The monoisotopic (exact) mass is 465 g/mol.